The minimum absolute atomic E-state index is 0. The largest absolute Gasteiger partial charge is 0.0989 e. The summed E-state index contributed by atoms with van der Waals surface area (Å²) in [6, 6.07) is 0. The van der Waals surface area contributed by atoms with Crippen LogP contribution in [-0.2, 0) is 18.6 Å². The minimum Gasteiger partial charge on any atom is -0.0989 e. The minimum atomic E-state index is 0. The third-order valence-corrected chi connectivity index (χ3v) is 4.30. The maximum absolute atomic E-state index is 3.86. The van der Waals surface area contributed by atoms with Crippen molar-refractivity contribution in [3.63, 3.8) is 0 Å². The van der Waals surface area contributed by atoms with Gasteiger partial charge in [0.25, 0.3) is 0 Å². The summed E-state index contributed by atoms with van der Waals surface area (Å²) in [5.41, 5.74) is 0. The van der Waals surface area contributed by atoms with Gasteiger partial charge in [0, 0.05) is 18.6 Å². The zero-order valence-corrected chi connectivity index (χ0v) is 7.86. The van der Waals surface area contributed by atoms with E-state index in [1.165, 1.54) is 9.83 Å². The molecule has 0 saturated carbocycles. The number of rotatable bonds is 2. The normalized spacial score (nSPS) is 7.00. The Morgan fingerprint density at radius 1 is 1.50 bits per heavy atom. The van der Waals surface area contributed by atoms with Crippen LogP contribution in [0.1, 0.15) is 0 Å². The molecule has 0 aliphatic carbocycles. The van der Waals surface area contributed by atoms with Crippen molar-refractivity contribution in [2.75, 3.05) is 6.26 Å². The molecule has 0 atom stereocenters. The average Bonchev–Trinajstić information content (AvgIpc) is 1.41. The molecule has 0 rings (SSSR count). The van der Waals surface area contributed by atoms with Crippen LogP contribution >= 0.6 is 42.1 Å². The SMILES string of the molecule is CSSSS.[V]. The quantitative estimate of drug-likeness (QED) is 0.531. The van der Waals surface area contributed by atoms with Gasteiger partial charge in [-0.05, 0) is 25.9 Å². The Morgan fingerprint density at radius 3 is 2.00 bits per heavy atom. The molecule has 0 spiro atoms. The van der Waals surface area contributed by atoms with Gasteiger partial charge in [0.2, 0.25) is 0 Å². The Bertz CT molecular complexity index is 15.0. The molecule has 0 nitrogen and oxygen atoms in total. The molecule has 1 radical (unpaired) electrons. The van der Waals surface area contributed by atoms with Crippen LogP contribution < -0.4 is 0 Å². The molecule has 0 aromatic carbocycles. The van der Waals surface area contributed by atoms with Crippen molar-refractivity contribution in [1.29, 1.82) is 0 Å². The van der Waals surface area contributed by atoms with E-state index in [9.17, 15) is 0 Å². The van der Waals surface area contributed by atoms with Gasteiger partial charge in [0.1, 0.15) is 0 Å². The predicted molar refractivity (Wildman–Crippen MR) is 37.7 cm³/mol. The summed E-state index contributed by atoms with van der Waals surface area (Å²) in [5, 5.41) is 0. The van der Waals surface area contributed by atoms with E-state index in [1.54, 1.807) is 20.6 Å². The molecule has 6 heavy (non-hydrogen) atoms. The molecule has 0 aliphatic rings. The van der Waals surface area contributed by atoms with Gasteiger partial charge in [-0.25, -0.2) is 0 Å². The van der Waals surface area contributed by atoms with E-state index in [0.717, 1.165) is 0 Å². The molecule has 0 heterocycles. The van der Waals surface area contributed by atoms with Gasteiger partial charge >= 0.3 is 0 Å². The summed E-state index contributed by atoms with van der Waals surface area (Å²) in [7, 11) is 4.84. The topological polar surface area (TPSA) is 0 Å². The average molecular weight is 195 g/mol. The van der Waals surface area contributed by atoms with Gasteiger partial charge in [0.15, 0.2) is 0 Å². The summed E-state index contributed by atoms with van der Waals surface area (Å²) in [5.74, 6) is 0. The number of thiol groups is 1. The number of hydrogen-bond donors (Lipinski definition) is 1. The zero-order chi connectivity index (χ0) is 4.12. The van der Waals surface area contributed by atoms with Crippen LogP contribution in [0.25, 0.3) is 0 Å². The summed E-state index contributed by atoms with van der Waals surface area (Å²) < 4.78 is 0. The van der Waals surface area contributed by atoms with E-state index < -0.39 is 0 Å². The van der Waals surface area contributed by atoms with Gasteiger partial charge in [-0.3, -0.25) is 0 Å². The molecular weight excluding hydrogens is 191 g/mol. The molecule has 0 aromatic rings. The summed E-state index contributed by atoms with van der Waals surface area (Å²) >= 11 is 3.86. The molecule has 5 heteroatoms. The standard InChI is InChI=1S/CH4S4.V/c1-3-5-4-2;/h2H,1H3;. The first-order chi connectivity index (χ1) is 2.41. The van der Waals surface area contributed by atoms with Crippen LogP contribution in [0, 0.1) is 0 Å². The van der Waals surface area contributed by atoms with Crippen molar-refractivity contribution in [3.8, 4) is 0 Å². The van der Waals surface area contributed by atoms with E-state index in [-0.39, 0.29) is 18.6 Å². The van der Waals surface area contributed by atoms with Crippen LogP contribution in [-0.4, -0.2) is 6.26 Å². The first-order valence-electron chi connectivity index (χ1n) is 0.924. The van der Waals surface area contributed by atoms with Gasteiger partial charge in [0.05, 0.1) is 0 Å². The first kappa shape index (κ1) is 10.9. The Hall–Kier alpha value is 1.98. The summed E-state index contributed by atoms with van der Waals surface area (Å²) in [6.07, 6.45) is 2.02. The van der Waals surface area contributed by atoms with Crippen LogP contribution in [0.5, 0.6) is 0 Å². The fraction of sp³-hybridized carbons (Fsp3) is 1.00. The first-order valence-corrected chi connectivity index (χ1v) is 5.87. The van der Waals surface area contributed by atoms with Crippen molar-refractivity contribution in [2.45, 2.75) is 0 Å². The van der Waals surface area contributed by atoms with Crippen LogP contribution in [0.4, 0.5) is 0 Å². The fourth-order valence-corrected chi connectivity index (χ4v) is 2.46. The van der Waals surface area contributed by atoms with Crippen molar-refractivity contribution in [1.82, 2.24) is 0 Å². The second kappa shape index (κ2) is 10.1. The van der Waals surface area contributed by atoms with E-state index in [0.29, 0.717) is 0 Å². The molecule has 0 bridgehead atoms. The Kier molecular flexibility index (Phi) is 18.2. The molecule has 0 N–H and O–H groups in total. The monoisotopic (exact) mass is 195 g/mol. The maximum Gasteiger partial charge on any atom is 0 e. The molecular formula is CH4S4V. The van der Waals surface area contributed by atoms with E-state index >= 15 is 0 Å². The second-order valence-corrected chi connectivity index (χ2v) is 5.35. The maximum atomic E-state index is 3.86. The smallest absolute Gasteiger partial charge is 0 e. The molecule has 0 amide bonds. The Labute approximate surface area is 66.5 Å². The van der Waals surface area contributed by atoms with Gasteiger partial charge < -0.3 is 0 Å². The third-order valence-electron chi connectivity index (χ3n) is 0.0985. The molecule has 0 fully saturated rings. The Balaban J connectivity index is 0. The zero-order valence-electron chi connectivity index (χ0n) is 3.12. The van der Waals surface area contributed by atoms with Crippen LogP contribution in [0.2, 0.25) is 0 Å². The summed E-state index contributed by atoms with van der Waals surface area (Å²) in [4.78, 5) is 0. The van der Waals surface area contributed by atoms with E-state index in [4.69, 9.17) is 0 Å². The van der Waals surface area contributed by atoms with Crippen molar-refractivity contribution < 1.29 is 18.6 Å². The molecule has 0 unspecified atom stereocenters. The molecule has 37 valence electrons. The number of hydrogen-bond acceptors (Lipinski definition) is 4. The van der Waals surface area contributed by atoms with Crippen molar-refractivity contribution in [3.05, 3.63) is 0 Å². The van der Waals surface area contributed by atoms with Crippen molar-refractivity contribution >= 4 is 42.1 Å². The van der Waals surface area contributed by atoms with Gasteiger partial charge in [-0.15, -0.1) is 0 Å². The fourth-order valence-electron chi connectivity index (χ4n) is 0.0304. The third kappa shape index (κ3) is 9.37. The van der Waals surface area contributed by atoms with Crippen LogP contribution in [0.15, 0.2) is 0 Å². The molecule has 0 aromatic heterocycles. The predicted octanol–water partition coefficient (Wildman–Crippen LogP) is 2.49. The second-order valence-electron chi connectivity index (χ2n) is 0.309. The molecule has 0 aliphatic heterocycles. The van der Waals surface area contributed by atoms with Crippen LogP contribution in [0.3, 0.4) is 0 Å². The van der Waals surface area contributed by atoms with E-state index in [1.807, 2.05) is 6.26 Å². The summed E-state index contributed by atoms with van der Waals surface area (Å²) in [6.45, 7) is 0. The molecule has 0 saturated heterocycles. The van der Waals surface area contributed by atoms with Gasteiger partial charge in [-0.2, -0.15) is 0 Å². The van der Waals surface area contributed by atoms with E-state index in [2.05, 4.69) is 11.7 Å². The van der Waals surface area contributed by atoms with Crippen molar-refractivity contribution in [2.24, 2.45) is 0 Å². The van der Waals surface area contributed by atoms with Gasteiger partial charge in [-0.1, -0.05) is 22.5 Å². The Morgan fingerprint density at radius 2 is 2.00 bits per heavy atom.